The van der Waals surface area contributed by atoms with Crippen LogP contribution in [0, 0.1) is 5.82 Å². The molecule has 0 spiro atoms. The largest absolute Gasteiger partial charge is 0.495 e. The fraction of sp³-hybridized carbons (Fsp3) is 0.500. The molecular formula is C12H15BrFNO. The predicted molar refractivity (Wildman–Crippen MR) is 65.2 cm³/mol. The molecule has 1 heterocycles. The van der Waals surface area contributed by atoms with Gasteiger partial charge in [0.1, 0.15) is 11.6 Å². The Hall–Kier alpha value is -0.610. The van der Waals surface area contributed by atoms with E-state index in [1.165, 1.54) is 19.6 Å². The van der Waals surface area contributed by atoms with Gasteiger partial charge >= 0.3 is 0 Å². The lowest BCUT2D eigenvalue weighted by Gasteiger charge is -2.24. The Kier molecular flexibility index (Phi) is 3.82. The van der Waals surface area contributed by atoms with Crippen LogP contribution in [0.15, 0.2) is 16.6 Å². The number of hydrogen-bond donors (Lipinski definition) is 1. The molecule has 1 aromatic rings. The highest BCUT2D eigenvalue weighted by atomic mass is 79.9. The lowest BCUT2D eigenvalue weighted by molar-refractivity contribution is 0.390. The summed E-state index contributed by atoms with van der Waals surface area (Å²) in [4.78, 5) is 0. The van der Waals surface area contributed by atoms with E-state index in [1.54, 1.807) is 0 Å². The third-order valence-corrected chi connectivity index (χ3v) is 3.58. The van der Waals surface area contributed by atoms with Crippen molar-refractivity contribution in [2.45, 2.75) is 25.3 Å². The minimum Gasteiger partial charge on any atom is -0.495 e. The molecule has 0 amide bonds. The van der Waals surface area contributed by atoms with Gasteiger partial charge in [0.25, 0.3) is 0 Å². The van der Waals surface area contributed by atoms with E-state index in [4.69, 9.17) is 4.74 Å². The summed E-state index contributed by atoms with van der Waals surface area (Å²) in [7, 11) is 1.54. The zero-order chi connectivity index (χ0) is 11.5. The van der Waals surface area contributed by atoms with Gasteiger partial charge in [-0.2, -0.15) is 0 Å². The van der Waals surface area contributed by atoms with Crippen LogP contribution in [-0.2, 0) is 0 Å². The van der Waals surface area contributed by atoms with Gasteiger partial charge in [0.15, 0.2) is 0 Å². The van der Waals surface area contributed by atoms with Gasteiger partial charge < -0.3 is 10.1 Å². The first-order chi connectivity index (χ1) is 7.72. The molecule has 1 atom stereocenters. The summed E-state index contributed by atoms with van der Waals surface area (Å²) < 4.78 is 19.7. The Morgan fingerprint density at radius 2 is 2.25 bits per heavy atom. The number of benzene rings is 1. The number of nitrogens with one attached hydrogen (secondary N) is 1. The van der Waals surface area contributed by atoms with E-state index in [0.717, 1.165) is 29.4 Å². The zero-order valence-electron chi connectivity index (χ0n) is 9.22. The van der Waals surface area contributed by atoms with Crippen molar-refractivity contribution in [2.24, 2.45) is 0 Å². The molecule has 2 rings (SSSR count). The van der Waals surface area contributed by atoms with E-state index in [2.05, 4.69) is 21.2 Å². The Balaban J connectivity index is 2.29. The van der Waals surface area contributed by atoms with Crippen LogP contribution in [0.4, 0.5) is 4.39 Å². The van der Waals surface area contributed by atoms with Crippen molar-refractivity contribution >= 4 is 15.9 Å². The molecule has 4 heteroatoms. The van der Waals surface area contributed by atoms with Crippen LogP contribution in [0.25, 0.3) is 0 Å². The molecular weight excluding hydrogens is 273 g/mol. The molecule has 1 unspecified atom stereocenters. The second-order valence-electron chi connectivity index (χ2n) is 4.01. The Labute approximate surface area is 103 Å². The fourth-order valence-corrected chi connectivity index (χ4v) is 2.61. The molecule has 0 radical (unpaired) electrons. The van der Waals surface area contributed by atoms with Gasteiger partial charge in [-0.1, -0.05) is 6.42 Å². The van der Waals surface area contributed by atoms with Crippen molar-refractivity contribution in [3.8, 4) is 5.75 Å². The summed E-state index contributed by atoms with van der Waals surface area (Å²) in [5.41, 5.74) is 0.729. The molecule has 1 aliphatic rings. The molecule has 0 saturated carbocycles. The average Bonchev–Trinajstić information content (AvgIpc) is 2.32. The molecule has 16 heavy (non-hydrogen) atoms. The summed E-state index contributed by atoms with van der Waals surface area (Å²) in [5.74, 6) is 0.344. The average molecular weight is 288 g/mol. The van der Waals surface area contributed by atoms with Crippen LogP contribution in [0.5, 0.6) is 5.75 Å². The molecule has 1 N–H and O–H groups in total. The highest BCUT2D eigenvalue weighted by Crippen LogP contribution is 2.33. The van der Waals surface area contributed by atoms with E-state index in [-0.39, 0.29) is 11.9 Å². The number of piperidine rings is 1. The normalized spacial score (nSPS) is 20.8. The quantitative estimate of drug-likeness (QED) is 0.900. The highest BCUT2D eigenvalue weighted by Gasteiger charge is 2.19. The lowest BCUT2D eigenvalue weighted by atomic mass is 9.97. The predicted octanol–water partition coefficient (Wildman–Crippen LogP) is 3.41. The van der Waals surface area contributed by atoms with Crippen LogP contribution in [0.1, 0.15) is 30.9 Å². The smallest absolute Gasteiger partial charge is 0.135 e. The third-order valence-electron chi connectivity index (χ3n) is 2.96. The van der Waals surface area contributed by atoms with Crippen molar-refractivity contribution in [1.29, 1.82) is 0 Å². The van der Waals surface area contributed by atoms with Gasteiger partial charge in [-0.3, -0.25) is 0 Å². The molecule has 2 nitrogen and oxygen atoms in total. The minimum atomic E-state index is -0.195. The second kappa shape index (κ2) is 5.15. The van der Waals surface area contributed by atoms with Crippen LogP contribution in [-0.4, -0.2) is 13.7 Å². The van der Waals surface area contributed by atoms with E-state index in [9.17, 15) is 4.39 Å². The van der Waals surface area contributed by atoms with Crippen LogP contribution >= 0.6 is 15.9 Å². The van der Waals surface area contributed by atoms with Gasteiger partial charge in [0.05, 0.1) is 11.6 Å². The van der Waals surface area contributed by atoms with Crippen LogP contribution in [0.2, 0.25) is 0 Å². The second-order valence-corrected chi connectivity index (χ2v) is 4.87. The van der Waals surface area contributed by atoms with Crippen LogP contribution in [0.3, 0.4) is 0 Å². The molecule has 1 saturated heterocycles. The van der Waals surface area contributed by atoms with Crippen molar-refractivity contribution in [1.82, 2.24) is 5.32 Å². The summed E-state index contributed by atoms with van der Waals surface area (Å²) >= 11 is 3.39. The van der Waals surface area contributed by atoms with Crippen molar-refractivity contribution < 1.29 is 9.13 Å². The first kappa shape index (κ1) is 11.9. The molecule has 88 valence electrons. The topological polar surface area (TPSA) is 21.3 Å². The summed E-state index contributed by atoms with van der Waals surface area (Å²) in [5, 5.41) is 3.34. The summed E-state index contributed by atoms with van der Waals surface area (Å²) in [6.45, 7) is 0.966. The molecule has 1 aliphatic heterocycles. The first-order valence-electron chi connectivity index (χ1n) is 5.48. The maximum atomic E-state index is 13.9. The Morgan fingerprint density at radius 1 is 1.44 bits per heavy atom. The highest BCUT2D eigenvalue weighted by molar-refractivity contribution is 9.10. The lowest BCUT2D eigenvalue weighted by Crippen LogP contribution is -2.27. The Morgan fingerprint density at radius 3 is 2.88 bits per heavy atom. The van der Waals surface area contributed by atoms with Gasteiger partial charge in [-0.15, -0.1) is 0 Å². The van der Waals surface area contributed by atoms with E-state index in [1.807, 2.05) is 6.07 Å². The maximum Gasteiger partial charge on any atom is 0.135 e. The van der Waals surface area contributed by atoms with Crippen LogP contribution < -0.4 is 10.1 Å². The Bertz CT molecular complexity index is 378. The van der Waals surface area contributed by atoms with Gasteiger partial charge in [-0.05, 0) is 41.4 Å². The van der Waals surface area contributed by atoms with E-state index in [0.29, 0.717) is 5.75 Å². The summed E-state index contributed by atoms with van der Waals surface area (Å²) in [6, 6.07) is 3.39. The van der Waals surface area contributed by atoms with Gasteiger partial charge in [0, 0.05) is 17.7 Å². The minimum absolute atomic E-state index is 0.135. The number of methoxy groups -OCH3 is 1. The number of rotatable bonds is 2. The van der Waals surface area contributed by atoms with Gasteiger partial charge in [-0.25, -0.2) is 4.39 Å². The van der Waals surface area contributed by atoms with Gasteiger partial charge in [0.2, 0.25) is 0 Å². The monoisotopic (exact) mass is 287 g/mol. The van der Waals surface area contributed by atoms with E-state index >= 15 is 0 Å². The molecule has 1 fully saturated rings. The molecule has 0 aliphatic carbocycles. The standard InChI is InChI=1S/C12H15BrFNO/c1-16-12-7-10(14)8(6-9(12)13)11-4-2-3-5-15-11/h6-7,11,15H,2-5H2,1H3. The molecule has 0 aromatic heterocycles. The van der Waals surface area contributed by atoms with Crippen molar-refractivity contribution in [2.75, 3.05) is 13.7 Å². The number of halogens is 2. The molecule has 0 bridgehead atoms. The zero-order valence-corrected chi connectivity index (χ0v) is 10.8. The number of ether oxygens (including phenoxy) is 1. The first-order valence-corrected chi connectivity index (χ1v) is 6.28. The van der Waals surface area contributed by atoms with Crippen molar-refractivity contribution in [3.05, 3.63) is 28.0 Å². The third kappa shape index (κ3) is 2.38. The molecule has 1 aromatic carbocycles. The summed E-state index contributed by atoms with van der Waals surface area (Å²) in [6.07, 6.45) is 3.33. The van der Waals surface area contributed by atoms with Crippen molar-refractivity contribution in [3.63, 3.8) is 0 Å². The fourth-order valence-electron chi connectivity index (χ4n) is 2.08. The van der Waals surface area contributed by atoms with E-state index < -0.39 is 0 Å². The maximum absolute atomic E-state index is 13.9. The SMILES string of the molecule is COc1cc(F)c(C2CCCCN2)cc1Br. The number of hydrogen-bond acceptors (Lipinski definition) is 2.